The number of amides is 1. The van der Waals surface area contributed by atoms with Crippen LogP contribution in [0.4, 0.5) is 4.39 Å². The highest BCUT2D eigenvalue weighted by Gasteiger charge is 2.36. The van der Waals surface area contributed by atoms with Gasteiger partial charge >= 0.3 is 0 Å². The van der Waals surface area contributed by atoms with E-state index >= 15 is 0 Å². The first-order valence-electron chi connectivity index (χ1n) is 10.8. The molecule has 0 fully saturated rings. The summed E-state index contributed by atoms with van der Waals surface area (Å²) in [6, 6.07) is 14.5. The second-order valence-corrected chi connectivity index (χ2v) is 9.26. The molecule has 170 valence electrons. The van der Waals surface area contributed by atoms with Crippen molar-refractivity contribution in [2.45, 2.75) is 27.7 Å². The number of para-hydroxylation sites is 1. The van der Waals surface area contributed by atoms with E-state index in [4.69, 9.17) is 5.41 Å². The minimum atomic E-state index is -0.509. The normalized spacial score (nSPS) is 16.7. The Balaban J connectivity index is 1.55. The third kappa shape index (κ3) is 3.51. The van der Waals surface area contributed by atoms with Gasteiger partial charge in [0.15, 0.2) is 5.84 Å². The van der Waals surface area contributed by atoms with Crippen LogP contribution in [0, 0.1) is 38.9 Å². The summed E-state index contributed by atoms with van der Waals surface area (Å²) < 4.78 is 16.4. The Morgan fingerprint density at radius 1 is 1.03 bits per heavy atom. The molecule has 2 aliphatic heterocycles. The third-order valence-electron chi connectivity index (χ3n) is 5.99. The van der Waals surface area contributed by atoms with Gasteiger partial charge in [0.05, 0.1) is 11.3 Å². The molecule has 0 atom stereocenters. The van der Waals surface area contributed by atoms with E-state index in [1.54, 1.807) is 24.3 Å². The average molecular weight is 472 g/mol. The number of fused-ring (bicyclic) bond motifs is 1. The third-order valence-corrected chi connectivity index (χ3v) is 6.93. The Hall–Kier alpha value is -3.78. The second kappa shape index (κ2) is 8.22. The predicted octanol–water partition coefficient (Wildman–Crippen LogP) is 5.52. The molecule has 3 aromatic rings. The van der Waals surface area contributed by atoms with Gasteiger partial charge in [-0.15, -0.1) is 0 Å². The van der Waals surface area contributed by atoms with Crippen LogP contribution in [-0.4, -0.2) is 31.5 Å². The molecule has 1 aromatic heterocycles. The second-order valence-electron chi connectivity index (χ2n) is 8.31. The molecule has 6 nitrogen and oxygen atoms in total. The number of aryl methyl sites for hydroxylation is 3. The molecular weight excluding hydrogens is 449 g/mol. The van der Waals surface area contributed by atoms with Gasteiger partial charge < -0.3 is 4.57 Å². The van der Waals surface area contributed by atoms with Crippen LogP contribution in [0.5, 0.6) is 0 Å². The molecule has 0 radical (unpaired) electrons. The van der Waals surface area contributed by atoms with Crippen molar-refractivity contribution in [2.24, 2.45) is 10.1 Å². The molecule has 5 rings (SSSR count). The predicted molar refractivity (Wildman–Crippen MR) is 135 cm³/mol. The van der Waals surface area contributed by atoms with Crippen LogP contribution < -0.4 is 0 Å². The number of nitrogens with zero attached hydrogens (tertiary/aromatic N) is 4. The summed E-state index contributed by atoms with van der Waals surface area (Å²) >= 11 is 1.08. The molecule has 0 aliphatic carbocycles. The molecule has 0 saturated carbocycles. The maximum Gasteiger partial charge on any atom is 0.283 e. The van der Waals surface area contributed by atoms with Gasteiger partial charge in [-0.05, 0) is 80.4 Å². The standard InChI is InChI=1S/C26H22FN5OS/c1-14-8-7-9-15(2)22(14)31-16(3)12-18(17(31)4)13-20-23(28)32-26(29-24(20)33)34-25(30-32)19-10-5-6-11-21(19)27/h5-13,28H,1-4H3/b20-13+,28-23?. The van der Waals surface area contributed by atoms with E-state index in [0.29, 0.717) is 10.6 Å². The maximum absolute atomic E-state index is 14.3. The molecule has 34 heavy (non-hydrogen) atoms. The number of halogens is 1. The van der Waals surface area contributed by atoms with Crippen molar-refractivity contribution in [1.82, 2.24) is 9.58 Å². The lowest BCUT2D eigenvalue weighted by Gasteiger charge is -2.20. The van der Waals surface area contributed by atoms with Gasteiger partial charge in [0.1, 0.15) is 10.9 Å². The van der Waals surface area contributed by atoms with Crippen LogP contribution in [0.3, 0.4) is 0 Å². The summed E-state index contributed by atoms with van der Waals surface area (Å²) in [6.07, 6.45) is 1.69. The summed E-state index contributed by atoms with van der Waals surface area (Å²) in [7, 11) is 0. The zero-order valence-corrected chi connectivity index (χ0v) is 20.0. The number of hydrogen-bond acceptors (Lipinski definition) is 4. The van der Waals surface area contributed by atoms with E-state index in [-0.39, 0.29) is 16.6 Å². The zero-order chi connectivity index (χ0) is 24.1. The van der Waals surface area contributed by atoms with Gasteiger partial charge in [0, 0.05) is 17.0 Å². The highest BCUT2D eigenvalue weighted by Crippen LogP contribution is 2.33. The van der Waals surface area contributed by atoms with Gasteiger partial charge in [-0.2, -0.15) is 15.1 Å². The molecular formula is C26H22FN5OS. The number of benzene rings is 2. The molecule has 8 heteroatoms. The molecule has 2 aliphatic rings. The van der Waals surface area contributed by atoms with Gasteiger partial charge in [-0.25, -0.2) is 4.39 Å². The highest BCUT2D eigenvalue weighted by atomic mass is 32.2. The van der Waals surface area contributed by atoms with Crippen LogP contribution in [0.15, 0.2) is 64.2 Å². The molecule has 0 bridgehead atoms. The van der Waals surface area contributed by atoms with Crippen molar-refractivity contribution >= 4 is 39.8 Å². The largest absolute Gasteiger partial charge is 0.317 e. The quantitative estimate of drug-likeness (QED) is 0.512. The van der Waals surface area contributed by atoms with Crippen LogP contribution >= 0.6 is 11.8 Å². The minimum Gasteiger partial charge on any atom is -0.317 e. The summed E-state index contributed by atoms with van der Waals surface area (Å²) in [5.74, 6) is -1.00. The van der Waals surface area contributed by atoms with Gasteiger partial charge in [0.2, 0.25) is 5.17 Å². The van der Waals surface area contributed by atoms with Crippen LogP contribution in [0.1, 0.15) is 33.6 Å². The Bertz CT molecular complexity index is 1460. The van der Waals surface area contributed by atoms with Crippen molar-refractivity contribution < 1.29 is 9.18 Å². The Morgan fingerprint density at radius 2 is 1.74 bits per heavy atom. The fourth-order valence-electron chi connectivity index (χ4n) is 4.33. The Morgan fingerprint density at radius 3 is 2.44 bits per heavy atom. The van der Waals surface area contributed by atoms with E-state index in [9.17, 15) is 9.18 Å². The van der Waals surface area contributed by atoms with Crippen molar-refractivity contribution in [3.8, 4) is 5.69 Å². The summed E-state index contributed by atoms with van der Waals surface area (Å²) in [4.78, 5) is 17.0. The number of carbonyl (C=O) groups is 1. The molecule has 1 N–H and O–H groups in total. The average Bonchev–Trinajstić information content (AvgIpc) is 3.33. The monoisotopic (exact) mass is 471 g/mol. The van der Waals surface area contributed by atoms with E-state index in [0.717, 1.165) is 45.5 Å². The number of nitrogens with one attached hydrogen (secondary N) is 1. The van der Waals surface area contributed by atoms with E-state index in [1.807, 2.05) is 26.0 Å². The zero-order valence-electron chi connectivity index (χ0n) is 19.2. The van der Waals surface area contributed by atoms with Crippen LogP contribution in [0.25, 0.3) is 11.8 Å². The van der Waals surface area contributed by atoms with Crippen molar-refractivity contribution in [3.63, 3.8) is 0 Å². The summed E-state index contributed by atoms with van der Waals surface area (Å²) in [6.45, 7) is 8.17. The van der Waals surface area contributed by atoms with Crippen LogP contribution in [0.2, 0.25) is 0 Å². The maximum atomic E-state index is 14.3. The van der Waals surface area contributed by atoms with E-state index in [1.165, 1.54) is 11.1 Å². The first kappa shape index (κ1) is 22.0. The van der Waals surface area contributed by atoms with Crippen LogP contribution in [-0.2, 0) is 4.79 Å². The number of hydrogen-bond donors (Lipinski definition) is 1. The van der Waals surface area contributed by atoms with E-state index in [2.05, 4.69) is 40.6 Å². The molecule has 1 amide bonds. The fourth-order valence-corrected chi connectivity index (χ4v) is 5.25. The lowest BCUT2D eigenvalue weighted by atomic mass is 10.1. The van der Waals surface area contributed by atoms with Gasteiger partial charge in [-0.1, -0.05) is 30.3 Å². The Labute approximate surface area is 201 Å². The highest BCUT2D eigenvalue weighted by molar-refractivity contribution is 8.27. The smallest absolute Gasteiger partial charge is 0.283 e. The number of rotatable bonds is 3. The minimum absolute atomic E-state index is 0.0780. The topological polar surface area (TPSA) is 73.8 Å². The number of carbonyl (C=O) groups excluding carboxylic acids is 1. The van der Waals surface area contributed by atoms with Gasteiger partial charge in [-0.3, -0.25) is 10.2 Å². The molecule has 0 spiro atoms. The molecule has 0 saturated heterocycles. The van der Waals surface area contributed by atoms with Crippen molar-refractivity contribution in [1.29, 1.82) is 5.41 Å². The summed E-state index contributed by atoms with van der Waals surface area (Å²) in [5.41, 5.74) is 6.69. The molecule has 3 heterocycles. The fraction of sp³-hybridized carbons (Fsp3) is 0.154. The number of hydrazone groups is 1. The lowest BCUT2D eigenvalue weighted by molar-refractivity contribution is -0.114. The lowest BCUT2D eigenvalue weighted by Crippen LogP contribution is -2.35. The number of amidine groups is 2. The first-order chi connectivity index (χ1) is 16.3. The number of aromatic nitrogens is 1. The van der Waals surface area contributed by atoms with Gasteiger partial charge in [0.25, 0.3) is 5.91 Å². The molecule has 0 unspecified atom stereocenters. The van der Waals surface area contributed by atoms with E-state index < -0.39 is 11.7 Å². The number of aliphatic imine (C=N–C) groups is 1. The first-order valence-corrected chi connectivity index (χ1v) is 11.6. The van der Waals surface area contributed by atoms with Crippen molar-refractivity contribution in [2.75, 3.05) is 0 Å². The van der Waals surface area contributed by atoms with Crippen molar-refractivity contribution in [3.05, 3.63) is 93.6 Å². The number of thioether (sulfide) groups is 1. The Kier molecular flexibility index (Phi) is 5.32. The summed E-state index contributed by atoms with van der Waals surface area (Å²) in [5, 5.41) is 15.0. The molecule has 2 aromatic carbocycles. The SMILES string of the molecule is Cc1cccc(C)c1-n1c(C)cc(/C=C2\C(=N)N3N=C(c4ccccc4F)SC3=NC2=O)c1C.